The summed E-state index contributed by atoms with van der Waals surface area (Å²) in [4.78, 5) is 0. The largest absolute Gasteiger partial charge is 0.402 e. The Bertz CT molecular complexity index is 334. The fourth-order valence-corrected chi connectivity index (χ4v) is 1.01. The SMILES string of the molecule is C=CC(=C\C=C(/C)N)/C(C=C)=C/C=C(\C)N. The van der Waals surface area contributed by atoms with Crippen molar-refractivity contribution in [3.05, 3.63) is 72.2 Å². The molecule has 0 saturated heterocycles. The molecule has 0 bridgehead atoms. The van der Waals surface area contributed by atoms with Crippen LogP contribution in [0.25, 0.3) is 0 Å². The first kappa shape index (κ1) is 14.0. The monoisotopic (exact) mass is 216 g/mol. The van der Waals surface area contributed by atoms with Gasteiger partial charge >= 0.3 is 0 Å². The van der Waals surface area contributed by atoms with Crippen LogP contribution >= 0.6 is 0 Å². The second-order valence-corrected chi connectivity index (χ2v) is 3.47. The van der Waals surface area contributed by atoms with Crippen LogP contribution in [0.15, 0.2) is 72.2 Å². The molecule has 0 heterocycles. The zero-order valence-electron chi connectivity index (χ0n) is 10.0. The first-order valence-electron chi connectivity index (χ1n) is 5.04. The van der Waals surface area contributed by atoms with Crippen molar-refractivity contribution in [2.75, 3.05) is 0 Å². The average molecular weight is 216 g/mol. The Morgan fingerprint density at radius 2 is 1.06 bits per heavy atom. The first-order valence-corrected chi connectivity index (χ1v) is 5.04. The molecule has 0 amide bonds. The number of allylic oxidation sites excluding steroid dienone is 10. The third kappa shape index (κ3) is 5.70. The topological polar surface area (TPSA) is 52.0 Å². The van der Waals surface area contributed by atoms with Gasteiger partial charge in [-0.05, 0) is 37.1 Å². The van der Waals surface area contributed by atoms with Crippen LogP contribution < -0.4 is 11.5 Å². The minimum Gasteiger partial charge on any atom is -0.402 e. The van der Waals surface area contributed by atoms with Gasteiger partial charge in [-0.15, -0.1) is 0 Å². The van der Waals surface area contributed by atoms with Gasteiger partial charge in [0.15, 0.2) is 0 Å². The third-order valence-electron chi connectivity index (χ3n) is 1.82. The summed E-state index contributed by atoms with van der Waals surface area (Å²) >= 11 is 0. The Morgan fingerprint density at radius 3 is 1.25 bits per heavy atom. The Balaban J connectivity index is 5.20. The molecule has 0 atom stereocenters. The maximum Gasteiger partial charge on any atom is 0.00490 e. The van der Waals surface area contributed by atoms with Gasteiger partial charge in [-0.2, -0.15) is 0 Å². The van der Waals surface area contributed by atoms with Gasteiger partial charge in [0.2, 0.25) is 0 Å². The molecule has 16 heavy (non-hydrogen) atoms. The van der Waals surface area contributed by atoms with Crippen molar-refractivity contribution in [1.29, 1.82) is 0 Å². The molecule has 0 aliphatic rings. The van der Waals surface area contributed by atoms with E-state index in [1.165, 1.54) is 0 Å². The smallest absolute Gasteiger partial charge is 0.00490 e. The van der Waals surface area contributed by atoms with Crippen molar-refractivity contribution in [2.24, 2.45) is 11.5 Å². The van der Waals surface area contributed by atoms with Crippen LogP contribution in [0, 0.1) is 0 Å². The summed E-state index contributed by atoms with van der Waals surface area (Å²) in [6.07, 6.45) is 11.0. The number of hydrogen-bond acceptors (Lipinski definition) is 2. The maximum atomic E-state index is 5.56. The lowest BCUT2D eigenvalue weighted by atomic mass is 10.0. The molecule has 0 rings (SSSR count). The van der Waals surface area contributed by atoms with Crippen molar-refractivity contribution in [3.8, 4) is 0 Å². The number of nitrogens with two attached hydrogens (primary N) is 2. The lowest BCUT2D eigenvalue weighted by molar-refractivity contribution is 1.31. The van der Waals surface area contributed by atoms with Crippen LogP contribution in [0.4, 0.5) is 0 Å². The molecule has 0 radical (unpaired) electrons. The van der Waals surface area contributed by atoms with Crippen LogP contribution in [0.3, 0.4) is 0 Å². The second-order valence-electron chi connectivity index (χ2n) is 3.47. The van der Waals surface area contributed by atoms with E-state index in [4.69, 9.17) is 11.5 Å². The summed E-state index contributed by atoms with van der Waals surface area (Å²) in [6.45, 7) is 11.2. The van der Waals surface area contributed by atoms with Gasteiger partial charge in [-0.25, -0.2) is 0 Å². The van der Waals surface area contributed by atoms with Crippen molar-refractivity contribution < 1.29 is 0 Å². The van der Waals surface area contributed by atoms with Crippen molar-refractivity contribution in [2.45, 2.75) is 13.8 Å². The highest BCUT2D eigenvalue weighted by atomic mass is 14.5. The predicted molar refractivity (Wildman–Crippen MR) is 72.4 cm³/mol. The molecule has 2 nitrogen and oxygen atoms in total. The minimum atomic E-state index is 0.744. The molecule has 0 unspecified atom stereocenters. The molecule has 0 aromatic rings. The lowest BCUT2D eigenvalue weighted by Crippen LogP contribution is -1.90. The van der Waals surface area contributed by atoms with Gasteiger partial charge < -0.3 is 11.5 Å². The molecule has 4 N–H and O–H groups in total. The molecular formula is C14H20N2. The minimum absolute atomic E-state index is 0.744. The molecule has 0 spiro atoms. The average Bonchev–Trinajstić information content (AvgIpc) is 2.22. The molecule has 0 aliphatic carbocycles. The predicted octanol–water partition coefficient (Wildman–Crippen LogP) is 2.94. The van der Waals surface area contributed by atoms with Crippen LogP contribution in [0.2, 0.25) is 0 Å². The number of rotatable bonds is 5. The standard InChI is InChI=1S/C14H20N2/c1-5-13(9-7-11(3)15)14(6-2)10-8-12(4)16/h5-10H,1-2,15-16H2,3-4H3/b11-7+,12-8+,13-9+,14-10+. The zero-order chi connectivity index (χ0) is 12.6. The molecular weight excluding hydrogens is 196 g/mol. The van der Waals surface area contributed by atoms with Gasteiger partial charge in [0, 0.05) is 11.4 Å². The summed E-state index contributed by atoms with van der Waals surface area (Å²) < 4.78 is 0. The van der Waals surface area contributed by atoms with E-state index in [1.54, 1.807) is 12.2 Å². The highest BCUT2D eigenvalue weighted by Crippen LogP contribution is 2.13. The molecule has 2 heteroatoms. The Labute approximate surface area is 98.0 Å². The Hall–Kier alpha value is -1.96. The summed E-state index contributed by atoms with van der Waals surface area (Å²) in [5.74, 6) is 0. The van der Waals surface area contributed by atoms with Gasteiger partial charge in [0.25, 0.3) is 0 Å². The summed E-state index contributed by atoms with van der Waals surface area (Å²) in [5.41, 5.74) is 14.5. The van der Waals surface area contributed by atoms with E-state index in [1.807, 2.05) is 38.2 Å². The van der Waals surface area contributed by atoms with Crippen molar-refractivity contribution >= 4 is 0 Å². The van der Waals surface area contributed by atoms with E-state index in [-0.39, 0.29) is 0 Å². The Morgan fingerprint density at radius 1 is 0.750 bits per heavy atom. The summed E-state index contributed by atoms with van der Waals surface area (Å²) in [5, 5.41) is 0. The highest BCUT2D eigenvalue weighted by Gasteiger charge is 1.94. The van der Waals surface area contributed by atoms with Crippen molar-refractivity contribution in [3.63, 3.8) is 0 Å². The molecule has 0 saturated carbocycles. The van der Waals surface area contributed by atoms with Crippen LogP contribution in [-0.2, 0) is 0 Å². The van der Waals surface area contributed by atoms with Crippen LogP contribution in [0.1, 0.15) is 13.8 Å². The fraction of sp³-hybridized carbons (Fsp3) is 0.143. The van der Waals surface area contributed by atoms with Gasteiger partial charge in [-0.1, -0.05) is 37.5 Å². The normalized spacial score (nSPS) is 14.9. The van der Waals surface area contributed by atoms with E-state index in [2.05, 4.69) is 13.2 Å². The summed E-state index contributed by atoms with van der Waals surface area (Å²) in [7, 11) is 0. The Kier molecular flexibility index (Phi) is 6.45. The van der Waals surface area contributed by atoms with E-state index in [0.717, 1.165) is 22.5 Å². The molecule has 0 aliphatic heterocycles. The molecule has 0 aromatic heterocycles. The molecule has 0 fully saturated rings. The van der Waals surface area contributed by atoms with E-state index in [0.29, 0.717) is 0 Å². The maximum absolute atomic E-state index is 5.56. The van der Waals surface area contributed by atoms with Crippen LogP contribution in [-0.4, -0.2) is 0 Å². The highest BCUT2D eigenvalue weighted by molar-refractivity contribution is 5.48. The van der Waals surface area contributed by atoms with E-state index >= 15 is 0 Å². The lowest BCUT2D eigenvalue weighted by Gasteiger charge is -2.01. The quantitative estimate of drug-likeness (QED) is 0.694. The molecule has 86 valence electrons. The van der Waals surface area contributed by atoms with Crippen LogP contribution in [0.5, 0.6) is 0 Å². The zero-order valence-corrected chi connectivity index (χ0v) is 10.0. The second kappa shape index (κ2) is 7.35. The first-order chi connectivity index (χ1) is 7.51. The van der Waals surface area contributed by atoms with Gasteiger partial charge in [-0.3, -0.25) is 0 Å². The van der Waals surface area contributed by atoms with E-state index in [9.17, 15) is 0 Å². The van der Waals surface area contributed by atoms with Gasteiger partial charge in [0.1, 0.15) is 0 Å². The van der Waals surface area contributed by atoms with E-state index < -0.39 is 0 Å². The van der Waals surface area contributed by atoms with Gasteiger partial charge in [0.05, 0.1) is 0 Å². The molecule has 0 aromatic carbocycles. The number of hydrogen-bond donors (Lipinski definition) is 2. The van der Waals surface area contributed by atoms with Crippen molar-refractivity contribution in [1.82, 2.24) is 0 Å². The fourth-order valence-electron chi connectivity index (χ4n) is 1.01. The summed E-state index contributed by atoms with van der Waals surface area (Å²) in [6, 6.07) is 0. The third-order valence-corrected chi connectivity index (χ3v) is 1.82.